The number of aryl methyl sites for hydroxylation is 1. The number of hydrogen-bond donors (Lipinski definition) is 1. The van der Waals surface area contributed by atoms with Crippen LogP contribution in [0.5, 0.6) is 0 Å². The molecular formula is C23H26N4OS. The zero-order valence-corrected chi connectivity index (χ0v) is 17.7. The van der Waals surface area contributed by atoms with E-state index in [0.717, 1.165) is 34.6 Å². The Kier molecular flexibility index (Phi) is 5.74. The molecule has 1 atom stereocenters. The van der Waals surface area contributed by atoms with E-state index in [-0.39, 0.29) is 11.9 Å². The average Bonchev–Trinajstić information content (AvgIpc) is 3.26. The van der Waals surface area contributed by atoms with E-state index in [9.17, 15) is 4.79 Å². The largest absolute Gasteiger partial charge is 0.330 e. The number of aromatic nitrogens is 2. The Morgan fingerprint density at radius 1 is 1.21 bits per heavy atom. The van der Waals surface area contributed by atoms with E-state index in [1.807, 2.05) is 53.2 Å². The number of hydrogen-bond acceptors (Lipinski definition) is 4. The second-order valence-corrected chi connectivity index (χ2v) is 8.33. The lowest BCUT2D eigenvalue weighted by atomic mass is 10.0. The number of amides is 1. The van der Waals surface area contributed by atoms with Crippen LogP contribution in [0.2, 0.25) is 0 Å². The van der Waals surface area contributed by atoms with Crippen molar-refractivity contribution in [1.29, 1.82) is 0 Å². The highest BCUT2D eigenvalue weighted by Crippen LogP contribution is 2.32. The summed E-state index contributed by atoms with van der Waals surface area (Å²) in [5.41, 5.74) is 12.6. The third-order valence-electron chi connectivity index (χ3n) is 5.55. The maximum Gasteiger partial charge on any atom is 0.254 e. The number of carbonyl (C=O) groups is 1. The van der Waals surface area contributed by atoms with Crippen molar-refractivity contribution in [2.45, 2.75) is 24.8 Å². The maximum absolute atomic E-state index is 13.1. The van der Waals surface area contributed by atoms with E-state index >= 15 is 0 Å². The van der Waals surface area contributed by atoms with E-state index in [4.69, 9.17) is 5.73 Å². The zero-order chi connectivity index (χ0) is 20.4. The van der Waals surface area contributed by atoms with Gasteiger partial charge < -0.3 is 10.6 Å². The normalized spacial score (nSPS) is 14.3. The number of fused-ring (bicyclic) bond motifs is 1. The molecule has 150 valence electrons. The van der Waals surface area contributed by atoms with Crippen LogP contribution in [0.25, 0.3) is 11.3 Å². The summed E-state index contributed by atoms with van der Waals surface area (Å²) in [6.07, 6.45) is 4.79. The van der Waals surface area contributed by atoms with Crippen molar-refractivity contribution in [2.24, 2.45) is 12.8 Å². The molecule has 0 spiro atoms. The van der Waals surface area contributed by atoms with Gasteiger partial charge in [-0.15, -0.1) is 0 Å². The van der Waals surface area contributed by atoms with E-state index in [1.165, 1.54) is 11.1 Å². The lowest BCUT2D eigenvalue weighted by Crippen LogP contribution is -2.42. The highest BCUT2D eigenvalue weighted by Gasteiger charge is 2.32. The molecule has 0 saturated carbocycles. The number of carbonyl (C=O) groups excluding carboxylic acids is 1. The second-order valence-electron chi connectivity index (χ2n) is 7.46. The van der Waals surface area contributed by atoms with Crippen molar-refractivity contribution in [1.82, 2.24) is 14.7 Å². The number of thioether (sulfide) groups is 1. The SMILES string of the molecule is CSCc1cnn(C)c1-c1ccc2c(c1)CN([C@H](CN)Cc1ccccc1)C2=O. The summed E-state index contributed by atoms with van der Waals surface area (Å²) in [6.45, 7) is 1.05. The molecule has 4 rings (SSSR count). The molecule has 1 aromatic heterocycles. The van der Waals surface area contributed by atoms with Gasteiger partial charge in [-0.25, -0.2) is 0 Å². The Balaban J connectivity index is 1.61. The molecule has 0 bridgehead atoms. The standard InChI is InChI=1S/C23H26N4OS/c1-26-22(19(13-25-26)15-29-2)17-8-9-21-18(11-17)14-27(23(21)28)20(12-24)10-16-6-4-3-5-7-16/h3-9,11,13,20H,10,12,14-15,24H2,1-2H3/t20-/m0/s1. The van der Waals surface area contributed by atoms with Gasteiger partial charge in [0, 0.05) is 48.6 Å². The topological polar surface area (TPSA) is 64.2 Å². The molecule has 6 heteroatoms. The van der Waals surface area contributed by atoms with Crippen LogP contribution < -0.4 is 5.73 Å². The summed E-state index contributed by atoms with van der Waals surface area (Å²) in [4.78, 5) is 15.0. The van der Waals surface area contributed by atoms with Crippen molar-refractivity contribution >= 4 is 17.7 Å². The smallest absolute Gasteiger partial charge is 0.254 e. The van der Waals surface area contributed by atoms with Gasteiger partial charge in [0.05, 0.1) is 11.9 Å². The Morgan fingerprint density at radius 3 is 2.72 bits per heavy atom. The molecular weight excluding hydrogens is 380 g/mol. The minimum atomic E-state index is -0.00972. The molecule has 29 heavy (non-hydrogen) atoms. The lowest BCUT2D eigenvalue weighted by molar-refractivity contribution is 0.0708. The molecule has 2 heterocycles. The summed E-state index contributed by atoms with van der Waals surface area (Å²) in [5, 5.41) is 4.43. The van der Waals surface area contributed by atoms with E-state index in [0.29, 0.717) is 13.1 Å². The predicted octanol–water partition coefficient (Wildman–Crippen LogP) is 3.48. The minimum absolute atomic E-state index is 0.00972. The summed E-state index contributed by atoms with van der Waals surface area (Å²) in [7, 11) is 1.97. The Labute approximate surface area is 175 Å². The monoisotopic (exact) mass is 406 g/mol. The highest BCUT2D eigenvalue weighted by molar-refractivity contribution is 7.97. The van der Waals surface area contributed by atoms with Gasteiger partial charge >= 0.3 is 0 Å². The van der Waals surface area contributed by atoms with Crippen molar-refractivity contribution < 1.29 is 4.79 Å². The van der Waals surface area contributed by atoms with Gasteiger partial charge in [-0.1, -0.05) is 36.4 Å². The molecule has 0 unspecified atom stereocenters. The number of nitrogens with two attached hydrogens (primary N) is 1. The van der Waals surface area contributed by atoms with E-state index < -0.39 is 0 Å². The summed E-state index contributed by atoms with van der Waals surface area (Å²) in [6, 6.07) is 16.4. The summed E-state index contributed by atoms with van der Waals surface area (Å²) in [5.74, 6) is 0.991. The van der Waals surface area contributed by atoms with Crippen LogP contribution in [0.4, 0.5) is 0 Å². The van der Waals surface area contributed by atoms with Crippen LogP contribution in [-0.4, -0.2) is 39.4 Å². The molecule has 0 radical (unpaired) electrons. The van der Waals surface area contributed by atoms with Gasteiger partial charge in [0.1, 0.15) is 0 Å². The number of nitrogens with zero attached hydrogens (tertiary/aromatic N) is 3. The first kappa shape index (κ1) is 19.7. The Bertz CT molecular complexity index is 1010. The van der Waals surface area contributed by atoms with Gasteiger partial charge in [0.15, 0.2) is 0 Å². The van der Waals surface area contributed by atoms with Crippen LogP contribution in [0.15, 0.2) is 54.7 Å². The summed E-state index contributed by atoms with van der Waals surface area (Å²) >= 11 is 1.78. The van der Waals surface area contributed by atoms with Crippen molar-refractivity contribution in [3.63, 3.8) is 0 Å². The molecule has 2 N–H and O–H groups in total. The van der Waals surface area contributed by atoms with Crippen LogP contribution in [0.1, 0.15) is 27.0 Å². The Hall–Kier alpha value is -2.57. The molecule has 1 aliphatic heterocycles. The van der Waals surface area contributed by atoms with Crippen LogP contribution in [-0.2, 0) is 25.8 Å². The fourth-order valence-corrected chi connectivity index (χ4v) is 4.63. The fraction of sp³-hybridized carbons (Fsp3) is 0.304. The van der Waals surface area contributed by atoms with Crippen molar-refractivity contribution in [3.8, 4) is 11.3 Å². The first-order valence-electron chi connectivity index (χ1n) is 9.80. The molecule has 2 aromatic carbocycles. The van der Waals surface area contributed by atoms with Crippen molar-refractivity contribution in [3.05, 3.63) is 77.0 Å². The lowest BCUT2D eigenvalue weighted by Gasteiger charge is -2.26. The minimum Gasteiger partial charge on any atom is -0.330 e. The van der Waals surface area contributed by atoms with Gasteiger partial charge in [-0.3, -0.25) is 9.48 Å². The first-order valence-corrected chi connectivity index (χ1v) is 11.2. The molecule has 0 aliphatic carbocycles. The van der Waals surface area contributed by atoms with Crippen LogP contribution in [0, 0.1) is 0 Å². The van der Waals surface area contributed by atoms with Crippen LogP contribution >= 0.6 is 11.8 Å². The number of rotatable bonds is 7. The van der Waals surface area contributed by atoms with Gasteiger partial charge in [0.2, 0.25) is 0 Å². The third-order valence-corrected chi connectivity index (χ3v) is 6.15. The molecule has 0 fully saturated rings. The quantitative estimate of drug-likeness (QED) is 0.652. The first-order chi connectivity index (χ1) is 14.1. The highest BCUT2D eigenvalue weighted by atomic mass is 32.2. The van der Waals surface area contributed by atoms with Gasteiger partial charge in [-0.2, -0.15) is 16.9 Å². The summed E-state index contributed by atoms with van der Waals surface area (Å²) < 4.78 is 1.92. The average molecular weight is 407 g/mol. The Morgan fingerprint density at radius 2 is 2.00 bits per heavy atom. The fourth-order valence-electron chi connectivity index (χ4n) is 4.11. The van der Waals surface area contributed by atoms with E-state index in [1.54, 1.807) is 11.8 Å². The van der Waals surface area contributed by atoms with Crippen LogP contribution in [0.3, 0.4) is 0 Å². The maximum atomic E-state index is 13.1. The van der Waals surface area contributed by atoms with E-state index in [2.05, 4.69) is 29.6 Å². The van der Waals surface area contributed by atoms with Gasteiger partial charge in [-0.05, 0) is 35.9 Å². The molecule has 1 aliphatic rings. The van der Waals surface area contributed by atoms with Crippen molar-refractivity contribution in [2.75, 3.05) is 12.8 Å². The number of benzene rings is 2. The van der Waals surface area contributed by atoms with Gasteiger partial charge in [0.25, 0.3) is 5.91 Å². The predicted molar refractivity (Wildman–Crippen MR) is 119 cm³/mol. The molecule has 0 saturated heterocycles. The molecule has 1 amide bonds. The third kappa shape index (κ3) is 3.82. The zero-order valence-electron chi connectivity index (χ0n) is 16.8. The molecule has 5 nitrogen and oxygen atoms in total. The second kappa shape index (κ2) is 8.43. The molecule has 3 aromatic rings.